The molecule has 1 saturated heterocycles. The van der Waals surface area contributed by atoms with Crippen molar-refractivity contribution in [3.63, 3.8) is 0 Å². The van der Waals surface area contributed by atoms with E-state index in [0.717, 1.165) is 6.54 Å². The zero-order valence-electron chi connectivity index (χ0n) is 12.0. The second kappa shape index (κ2) is 7.35. The van der Waals surface area contributed by atoms with E-state index in [0.29, 0.717) is 26.2 Å². The third-order valence-corrected chi connectivity index (χ3v) is 5.80. The molecule has 1 fully saturated rings. The number of carbonyl (C=O) groups is 1. The molecule has 0 unspecified atom stereocenters. The topological polar surface area (TPSA) is 66.9 Å². The Morgan fingerprint density at radius 2 is 2.05 bits per heavy atom. The number of ether oxygens (including phenoxy) is 1. The Balaban J connectivity index is 1.83. The van der Waals surface area contributed by atoms with Crippen LogP contribution in [0.15, 0.2) is 16.8 Å². The van der Waals surface area contributed by atoms with Crippen molar-refractivity contribution in [3.05, 3.63) is 22.4 Å². The van der Waals surface area contributed by atoms with Gasteiger partial charge in [-0.1, -0.05) is 0 Å². The number of carbonyl (C=O) groups excluding carboxylic acids is 1. The molecule has 21 heavy (non-hydrogen) atoms. The van der Waals surface area contributed by atoms with Crippen LogP contribution in [0.4, 0.5) is 0 Å². The molecule has 118 valence electrons. The van der Waals surface area contributed by atoms with Gasteiger partial charge < -0.3 is 4.74 Å². The van der Waals surface area contributed by atoms with Gasteiger partial charge in [0.1, 0.15) is 0 Å². The smallest absolute Gasteiger partial charge is 0.322 e. The van der Waals surface area contributed by atoms with Crippen LogP contribution in [0.3, 0.4) is 0 Å². The van der Waals surface area contributed by atoms with Crippen LogP contribution in [0.5, 0.6) is 0 Å². The van der Waals surface area contributed by atoms with Crippen LogP contribution in [0.25, 0.3) is 0 Å². The molecular formula is C13H20N2O4S2. The molecule has 0 aliphatic carbocycles. The minimum atomic E-state index is -3.56. The molecule has 0 spiro atoms. The lowest BCUT2D eigenvalue weighted by atomic mass is 10.3. The molecule has 0 amide bonds. The van der Waals surface area contributed by atoms with Gasteiger partial charge in [-0.3, -0.25) is 9.69 Å². The normalized spacial score (nSPS) is 17.8. The van der Waals surface area contributed by atoms with E-state index in [4.69, 9.17) is 4.74 Å². The Kier molecular flexibility index (Phi) is 5.74. The molecule has 0 aromatic carbocycles. The fourth-order valence-corrected chi connectivity index (χ4v) is 4.19. The average molecular weight is 332 g/mol. The fourth-order valence-electron chi connectivity index (χ4n) is 2.25. The first-order chi connectivity index (χ1) is 10.0. The van der Waals surface area contributed by atoms with Crippen LogP contribution in [0.2, 0.25) is 0 Å². The minimum absolute atomic E-state index is 0.197. The molecule has 1 aliphatic rings. The van der Waals surface area contributed by atoms with Gasteiger partial charge in [0.05, 0.1) is 6.61 Å². The highest BCUT2D eigenvalue weighted by Crippen LogP contribution is 2.13. The van der Waals surface area contributed by atoms with Gasteiger partial charge in [-0.2, -0.15) is 15.6 Å². The maximum Gasteiger partial charge on any atom is 0.322 e. The zero-order valence-corrected chi connectivity index (χ0v) is 13.7. The Bertz CT molecular complexity index is 549. The number of esters is 1. The lowest BCUT2D eigenvalue weighted by Crippen LogP contribution is -2.49. The first kappa shape index (κ1) is 16.4. The van der Waals surface area contributed by atoms with Gasteiger partial charge in [0, 0.05) is 32.7 Å². The van der Waals surface area contributed by atoms with Crippen molar-refractivity contribution in [2.75, 3.05) is 38.5 Å². The Hall–Kier alpha value is -0.960. The van der Waals surface area contributed by atoms with Crippen LogP contribution in [0, 0.1) is 0 Å². The number of piperazine rings is 1. The van der Waals surface area contributed by atoms with E-state index in [9.17, 15) is 13.2 Å². The predicted octanol–water partition coefficient (Wildman–Crippen LogP) is 0.759. The number of hydrogen-bond donors (Lipinski definition) is 0. The monoisotopic (exact) mass is 332 g/mol. The summed E-state index contributed by atoms with van der Waals surface area (Å²) in [7, 11) is -3.56. The summed E-state index contributed by atoms with van der Waals surface area (Å²) >= 11 is 1.66. The summed E-state index contributed by atoms with van der Waals surface area (Å²) < 4.78 is 30.3. The molecule has 8 heteroatoms. The third-order valence-electron chi connectivity index (χ3n) is 3.32. The lowest BCUT2D eigenvalue weighted by Gasteiger charge is -2.33. The van der Waals surface area contributed by atoms with Crippen molar-refractivity contribution in [2.45, 2.75) is 13.5 Å². The number of nitrogens with zero attached hydrogens (tertiary/aromatic N) is 2. The Morgan fingerprint density at radius 3 is 2.62 bits per heavy atom. The van der Waals surface area contributed by atoms with Gasteiger partial charge in [-0.15, -0.1) is 0 Å². The second-order valence-corrected chi connectivity index (χ2v) is 7.62. The highest BCUT2D eigenvalue weighted by molar-refractivity contribution is 7.89. The molecule has 0 radical (unpaired) electrons. The molecular weight excluding hydrogens is 312 g/mol. The highest BCUT2D eigenvalue weighted by Gasteiger charge is 2.29. The maximum atomic E-state index is 12.1. The summed E-state index contributed by atoms with van der Waals surface area (Å²) in [6, 6.07) is 2.08. The number of thiophene rings is 1. The average Bonchev–Trinajstić information content (AvgIpc) is 2.92. The van der Waals surface area contributed by atoms with Crippen molar-refractivity contribution < 1.29 is 17.9 Å². The van der Waals surface area contributed by atoms with Gasteiger partial charge in [-0.25, -0.2) is 8.42 Å². The summed E-state index contributed by atoms with van der Waals surface area (Å²) in [6.07, 6.45) is 0. The van der Waals surface area contributed by atoms with Crippen LogP contribution < -0.4 is 0 Å². The zero-order chi connectivity index (χ0) is 15.3. The SMILES string of the molecule is CCOC(=O)CS(=O)(=O)N1CCN(Cc2ccsc2)CC1. The quantitative estimate of drug-likeness (QED) is 0.720. The van der Waals surface area contributed by atoms with E-state index in [-0.39, 0.29) is 6.61 Å². The third kappa shape index (κ3) is 4.77. The predicted molar refractivity (Wildman–Crippen MR) is 81.6 cm³/mol. The molecule has 2 rings (SSSR count). The largest absolute Gasteiger partial charge is 0.465 e. The minimum Gasteiger partial charge on any atom is -0.465 e. The van der Waals surface area contributed by atoms with E-state index in [1.807, 2.05) is 5.38 Å². The van der Waals surface area contributed by atoms with Gasteiger partial charge in [-0.05, 0) is 29.3 Å². The van der Waals surface area contributed by atoms with Gasteiger partial charge in [0.15, 0.2) is 5.75 Å². The summed E-state index contributed by atoms with van der Waals surface area (Å²) in [6.45, 7) is 4.90. The van der Waals surface area contributed by atoms with E-state index in [1.165, 1.54) is 9.87 Å². The van der Waals surface area contributed by atoms with Crippen molar-refractivity contribution in [1.29, 1.82) is 0 Å². The maximum absolute atomic E-state index is 12.1. The Labute approximate surface area is 129 Å². The summed E-state index contributed by atoms with van der Waals surface area (Å²) in [5, 5.41) is 4.14. The van der Waals surface area contributed by atoms with E-state index >= 15 is 0 Å². The molecule has 0 bridgehead atoms. The molecule has 0 atom stereocenters. The van der Waals surface area contributed by atoms with E-state index in [1.54, 1.807) is 18.3 Å². The first-order valence-electron chi connectivity index (χ1n) is 6.88. The molecule has 1 aromatic rings. The molecule has 2 heterocycles. The highest BCUT2D eigenvalue weighted by atomic mass is 32.2. The fraction of sp³-hybridized carbons (Fsp3) is 0.615. The summed E-state index contributed by atoms with van der Waals surface area (Å²) in [5.41, 5.74) is 1.25. The van der Waals surface area contributed by atoms with E-state index < -0.39 is 21.7 Å². The lowest BCUT2D eigenvalue weighted by molar-refractivity contribution is -0.140. The molecule has 1 aliphatic heterocycles. The standard InChI is InChI=1S/C13H20N2O4S2/c1-2-19-13(16)11-21(17,18)15-6-4-14(5-7-15)9-12-3-8-20-10-12/h3,8,10H,2,4-7,9,11H2,1H3. The molecule has 1 aromatic heterocycles. The molecule has 0 N–H and O–H groups in total. The van der Waals surface area contributed by atoms with E-state index in [2.05, 4.69) is 16.3 Å². The number of sulfonamides is 1. The van der Waals surface area contributed by atoms with Crippen LogP contribution in [-0.4, -0.2) is 62.1 Å². The van der Waals surface area contributed by atoms with Gasteiger partial charge in [0.2, 0.25) is 10.0 Å². The first-order valence-corrected chi connectivity index (χ1v) is 9.43. The Morgan fingerprint density at radius 1 is 1.33 bits per heavy atom. The van der Waals surface area contributed by atoms with Crippen molar-refractivity contribution >= 4 is 27.3 Å². The number of hydrogen-bond acceptors (Lipinski definition) is 6. The molecule has 6 nitrogen and oxygen atoms in total. The van der Waals surface area contributed by atoms with Crippen molar-refractivity contribution in [1.82, 2.24) is 9.21 Å². The van der Waals surface area contributed by atoms with Crippen LogP contribution >= 0.6 is 11.3 Å². The van der Waals surface area contributed by atoms with Crippen molar-refractivity contribution in [2.24, 2.45) is 0 Å². The summed E-state index contributed by atoms with van der Waals surface area (Å²) in [4.78, 5) is 13.6. The number of rotatable bonds is 6. The molecule has 0 saturated carbocycles. The van der Waals surface area contributed by atoms with Gasteiger partial charge >= 0.3 is 5.97 Å². The van der Waals surface area contributed by atoms with Gasteiger partial charge in [0.25, 0.3) is 0 Å². The van der Waals surface area contributed by atoms with Crippen LogP contribution in [0.1, 0.15) is 12.5 Å². The second-order valence-electron chi connectivity index (χ2n) is 4.87. The van der Waals surface area contributed by atoms with Crippen molar-refractivity contribution in [3.8, 4) is 0 Å². The van der Waals surface area contributed by atoms with Crippen LogP contribution in [-0.2, 0) is 26.1 Å². The summed E-state index contributed by atoms with van der Waals surface area (Å²) in [5.74, 6) is -1.25.